The third-order valence-corrected chi connectivity index (χ3v) is 3.60. The van der Waals surface area contributed by atoms with E-state index in [2.05, 4.69) is 39.0 Å². The third-order valence-electron chi connectivity index (χ3n) is 3.60. The van der Waals surface area contributed by atoms with Gasteiger partial charge in [-0.1, -0.05) is 32.9 Å². The Morgan fingerprint density at radius 1 is 0.950 bits per heavy atom. The normalized spacial score (nSPS) is 11.9. The van der Waals surface area contributed by atoms with Crippen LogP contribution in [0.25, 0.3) is 0 Å². The highest BCUT2D eigenvalue weighted by Crippen LogP contribution is 2.28. The Balaban J connectivity index is 2.17. The average Bonchev–Trinajstić information content (AvgIpc) is 2.47. The van der Waals surface area contributed by atoms with Gasteiger partial charge in [-0.15, -0.1) is 0 Å². The summed E-state index contributed by atoms with van der Waals surface area (Å²) in [4.78, 5) is 0. The van der Waals surface area contributed by atoms with Crippen molar-refractivity contribution in [1.82, 2.24) is 0 Å². The number of nitrogens with zero attached hydrogens (tertiary/aromatic N) is 1. The van der Waals surface area contributed by atoms with Crippen LogP contribution in [-0.2, 0) is 0 Å². The molecule has 0 saturated carbocycles. The second-order valence-electron chi connectivity index (χ2n) is 5.34. The maximum Gasteiger partial charge on any atom is 0.127 e. The summed E-state index contributed by atoms with van der Waals surface area (Å²) in [6, 6.07) is 17.4. The summed E-state index contributed by atoms with van der Waals surface area (Å²) in [6.07, 6.45) is 0. The Bertz CT molecular complexity index is 608. The van der Waals surface area contributed by atoms with Crippen molar-refractivity contribution in [3.63, 3.8) is 0 Å². The van der Waals surface area contributed by atoms with Crippen LogP contribution in [0.15, 0.2) is 48.5 Å². The Morgan fingerprint density at radius 3 is 2.25 bits per heavy atom. The third kappa shape index (κ3) is 3.39. The van der Waals surface area contributed by atoms with Gasteiger partial charge in [0.25, 0.3) is 0 Å². The van der Waals surface area contributed by atoms with Gasteiger partial charge in [0.2, 0.25) is 0 Å². The fourth-order valence-corrected chi connectivity index (χ4v) is 1.98. The zero-order chi connectivity index (χ0) is 14.5. The molecule has 0 amide bonds. The van der Waals surface area contributed by atoms with E-state index < -0.39 is 0 Å². The number of ether oxygens (including phenoxy) is 1. The van der Waals surface area contributed by atoms with Gasteiger partial charge >= 0.3 is 0 Å². The van der Waals surface area contributed by atoms with Crippen LogP contribution in [0.5, 0.6) is 11.5 Å². The summed E-state index contributed by atoms with van der Waals surface area (Å²) >= 11 is 0. The van der Waals surface area contributed by atoms with Crippen molar-refractivity contribution in [2.45, 2.75) is 26.7 Å². The van der Waals surface area contributed by atoms with E-state index in [4.69, 9.17) is 10.00 Å². The lowest BCUT2D eigenvalue weighted by Gasteiger charge is -2.17. The van der Waals surface area contributed by atoms with Gasteiger partial charge in [-0.2, -0.15) is 5.26 Å². The topological polar surface area (TPSA) is 33.0 Å². The minimum Gasteiger partial charge on any atom is -0.457 e. The van der Waals surface area contributed by atoms with Crippen molar-refractivity contribution in [3.05, 3.63) is 59.7 Å². The molecule has 0 aliphatic rings. The Labute approximate surface area is 120 Å². The standard InChI is InChI=1S/C18H19NO/c1-13(2)14(3)16-5-4-6-18(11-16)20-17-9-7-15(12-19)8-10-17/h4-11,13-14H,1-3H3. The minimum absolute atomic E-state index is 0.500. The van der Waals surface area contributed by atoms with Gasteiger partial charge < -0.3 is 4.74 Å². The van der Waals surface area contributed by atoms with E-state index in [0.29, 0.717) is 17.4 Å². The summed E-state index contributed by atoms with van der Waals surface area (Å²) in [6.45, 7) is 6.67. The number of benzene rings is 2. The van der Waals surface area contributed by atoms with Crippen molar-refractivity contribution in [1.29, 1.82) is 5.26 Å². The molecule has 1 atom stereocenters. The van der Waals surface area contributed by atoms with E-state index in [1.54, 1.807) is 12.1 Å². The molecule has 0 fully saturated rings. The van der Waals surface area contributed by atoms with Crippen molar-refractivity contribution < 1.29 is 4.74 Å². The second kappa shape index (κ2) is 6.25. The first-order valence-corrected chi connectivity index (χ1v) is 6.88. The van der Waals surface area contributed by atoms with Crippen LogP contribution in [0.2, 0.25) is 0 Å². The highest BCUT2D eigenvalue weighted by atomic mass is 16.5. The van der Waals surface area contributed by atoms with E-state index in [0.717, 1.165) is 11.5 Å². The molecule has 0 bridgehead atoms. The maximum absolute atomic E-state index is 8.78. The fourth-order valence-electron chi connectivity index (χ4n) is 1.98. The zero-order valence-corrected chi connectivity index (χ0v) is 12.1. The Kier molecular flexibility index (Phi) is 4.42. The molecule has 102 valence electrons. The summed E-state index contributed by atoms with van der Waals surface area (Å²) in [5.74, 6) is 2.68. The van der Waals surface area contributed by atoms with E-state index in [9.17, 15) is 0 Å². The lowest BCUT2D eigenvalue weighted by Crippen LogP contribution is -2.01. The summed E-state index contributed by atoms with van der Waals surface area (Å²) in [7, 11) is 0. The highest BCUT2D eigenvalue weighted by molar-refractivity contribution is 5.38. The second-order valence-corrected chi connectivity index (χ2v) is 5.34. The first-order chi connectivity index (χ1) is 9.60. The summed E-state index contributed by atoms with van der Waals surface area (Å²) < 4.78 is 5.84. The van der Waals surface area contributed by atoms with Crippen LogP contribution in [0.1, 0.15) is 37.8 Å². The van der Waals surface area contributed by atoms with Crippen LogP contribution >= 0.6 is 0 Å². The number of hydrogen-bond donors (Lipinski definition) is 0. The Hall–Kier alpha value is -2.27. The van der Waals surface area contributed by atoms with Crippen molar-refractivity contribution in [3.8, 4) is 17.6 Å². The highest BCUT2D eigenvalue weighted by Gasteiger charge is 2.10. The van der Waals surface area contributed by atoms with Gasteiger partial charge in [-0.25, -0.2) is 0 Å². The first kappa shape index (κ1) is 14.1. The van der Waals surface area contributed by atoms with Gasteiger partial charge in [0.15, 0.2) is 0 Å². The maximum atomic E-state index is 8.78. The van der Waals surface area contributed by atoms with Crippen molar-refractivity contribution in [2.24, 2.45) is 5.92 Å². The van der Waals surface area contributed by atoms with Crippen molar-refractivity contribution in [2.75, 3.05) is 0 Å². The van der Waals surface area contributed by atoms with Crippen LogP contribution in [0.4, 0.5) is 0 Å². The van der Waals surface area contributed by atoms with Gasteiger partial charge in [-0.05, 0) is 53.8 Å². The summed E-state index contributed by atoms with van der Waals surface area (Å²) in [5, 5.41) is 8.78. The van der Waals surface area contributed by atoms with E-state index in [1.165, 1.54) is 5.56 Å². The smallest absolute Gasteiger partial charge is 0.127 e. The molecule has 0 saturated heterocycles. The SMILES string of the molecule is CC(C)C(C)c1cccc(Oc2ccc(C#N)cc2)c1. The largest absolute Gasteiger partial charge is 0.457 e. The minimum atomic E-state index is 0.500. The quantitative estimate of drug-likeness (QED) is 0.769. The zero-order valence-electron chi connectivity index (χ0n) is 12.1. The molecule has 20 heavy (non-hydrogen) atoms. The molecule has 0 spiro atoms. The molecule has 0 aliphatic heterocycles. The molecular formula is C18H19NO. The molecule has 2 rings (SSSR count). The van der Waals surface area contributed by atoms with Crippen molar-refractivity contribution >= 4 is 0 Å². The molecule has 2 heteroatoms. The molecule has 2 aromatic rings. The molecule has 2 aromatic carbocycles. The van der Waals surface area contributed by atoms with Gasteiger partial charge in [-0.3, -0.25) is 0 Å². The number of nitriles is 1. The lowest BCUT2D eigenvalue weighted by molar-refractivity contribution is 0.478. The molecular weight excluding hydrogens is 246 g/mol. The van der Waals surface area contributed by atoms with Crippen LogP contribution in [-0.4, -0.2) is 0 Å². The van der Waals surface area contributed by atoms with E-state index in [-0.39, 0.29) is 0 Å². The van der Waals surface area contributed by atoms with Gasteiger partial charge in [0.1, 0.15) is 11.5 Å². The Morgan fingerprint density at radius 2 is 1.65 bits per heavy atom. The van der Waals surface area contributed by atoms with E-state index >= 15 is 0 Å². The predicted molar refractivity (Wildman–Crippen MR) is 80.9 cm³/mol. The average molecular weight is 265 g/mol. The molecule has 0 aliphatic carbocycles. The molecule has 0 aromatic heterocycles. The lowest BCUT2D eigenvalue weighted by atomic mass is 9.90. The van der Waals surface area contributed by atoms with Crippen LogP contribution in [0.3, 0.4) is 0 Å². The van der Waals surface area contributed by atoms with Gasteiger partial charge in [0.05, 0.1) is 11.6 Å². The monoisotopic (exact) mass is 265 g/mol. The molecule has 0 radical (unpaired) electrons. The van der Waals surface area contributed by atoms with Crippen LogP contribution < -0.4 is 4.74 Å². The van der Waals surface area contributed by atoms with Crippen LogP contribution in [0, 0.1) is 17.2 Å². The molecule has 1 unspecified atom stereocenters. The number of hydrogen-bond acceptors (Lipinski definition) is 2. The molecule has 0 N–H and O–H groups in total. The van der Waals surface area contributed by atoms with E-state index in [1.807, 2.05) is 24.3 Å². The van der Waals surface area contributed by atoms with Gasteiger partial charge in [0, 0.05) is 0 Å². The summed E-state index contributed by atoms with van der Waals surface area (Å²) in [5.41, 5.74) is 1.92. The predicted octanol–water partition coefficient (Wildman–Crippen LogP) is 5.11. The molecule has 0 heterocycles. The fraction of sp³-hybridized carbons (Fsp3) is 0.278. The molecule has 2 nitrogen and oxygen atoms in total. The first-order valence-electron chi connectivity index (χ1n) is 6.88. The number of rotatable bonds is 4.